The van der Waals surface area contributed by atoms with Crippen LogP contribution in [0.15, 0.2) is 18.2 Å². The van der Waals surface area contributed by atoms with Crippen LogP contribution in [0.5, 0.6) is 5.75 Å². The Bertz CT molecular complexity index is 421. The maximum Gasteiger partial charge on any atom is 0.326 e. The molecule has 4 heteroatoms. The first-order valence-electron chi connectivity index (χ1n) is 4.26. The summed E-state index contributed by atoms with van der Waals surface area (Å²) in [4.78, 5) is 10.8. The Balaban J connectivity index is 2.21. The highest BCUT2D eigenvalue weighted by Crippen LogP contribution is 2.27. The standard InChI is InChI=1S/C10H8N2O2/c11-6-10(13)12-8-1-2-9-7(5-8)3-4-14-9/h1-2,5H,3-4H2,(H,12,13). The average Bonchev–Trinajstić information content (AvgIpc) is 2.64. The van der Waals surface area contributed by atoms with Crippen LogP contribution in [-0.2, 0) is 11.2 Å². The lowest BCUT2D eigenvalue weighted by Gasteiger charge is -2.02. The molecule has 0 fully saturated rings. The van der Waals surface area contributed by atoms with Gasteiger partial charge in [0, 0.05) is 12.1 Å². The summed E-state index contributed by atoms with van der Waals surface area (Å²) in [5.41, 5.74) is 1.71. The van der Waals surface area contributed by atoms with Crippen molar-refractivity contribution in [2.24, 2.45) is 0 Å². The SMILES string of the molecule is N#CC(=O)Nc1ccc2c(c1)CCO2. The third-order valence-electron chi connectivity index (χ3n) is 2.05. The van der Waals surface area contributed by atoms with E-state index in [1.807, 2.05) is 6.07 Å². The fourth-order valence-corrected chi connectivity index (χ4v) is 1.42. The van der Waals surface area contributed by atoms with Gasteiger partial charge in [-0.05, 0) is 23.8 Å². The fourth-order valence-electron chi connectivity index (χ4n) is 1.42. The van der Waals surface area contributed by atoms with Crippen LogP contribution in [0.2, 0.25) is 0 Å². The summed E-state index contributed by atoms with van der Waals surface area (Å²) in [6.07, 6.45) is 0.853. The number of nitriles is 1. The van der Waals surface area contributed by atoms with E-state index in [1.54, 1.807) is 12.1 Å². The normalized spacial score (nSPS) is 12.5. The molecule has 70 valence electrons. The third-order valence-corrected chi connectivity index (χ3v) is 2.05. The minimum Gasteiger partial charge on any atom is -0.493 e. The number of hydrogen-bond donors (Lipinski definition) is 1. The molecule has 0 unspecified atom stereocenters. The van der Waals surface area contributed by atoms with Gasteiger partial charge in [-0.15, -0.1) is 0 Å². The highest BCUT2D eigenvalue weighted by atomic mass is 16.5. The van der Waals surface area contributed by atoms with Crippen LogP contribution in [0, 0.1) is 11.3 Å². The molecule has 1 aliphatic rings. The first-order chi connectivity index (χ1) is 6.79. The second-order valence-electron chi connectivity index (χ2n) is 2.99. The smallest absolute Gasteiger partial charge is 0.326 e. The molecule has 1 aromatic rings. The van der Waals surface area contributed by atoms with Gasteiger partial charge >= 0.3 is 5.91 Å². The lowest BCUT2D eigenvalue weighted by atomic mass is 10.1. The topological polar surface area (TPSA) is 62.1 Å². The van der Waals surface area contributed by atoms with E-state index in [1.165, 1.54) is 6.07 Å². The first-order valence-corrected chi connectivity index (χ1v) is 4.26. The van der Waals surface area contributed by atoms with Gasteiger partial charge in [-0.25, -0.2) is 0 Å². The Kier molecular flexibility index (Phi) is 2.07. The zero-order valence-electron chi connectivity index (χ0n) is 7.41. The van der Waals surface area contributed by atoms with E-state index in [0.717, 1.165) is 17.7 Å². The summed E-state index contributed by atoms with van der Waals surface area (Å²) < 4.78 is 5.31. The van der Waals surface area contributed by atoms with E-state index < -0.39 is 5.91 Å². The molecular weight excluding hydrogens is 180 g/mol. The van der Waals surface area contributed by atoms with Gasteiger partial charge in [-0.3, -0.25) is 4.79 Å². The predicted molar refractivity (Wildman–Crippen MR) is 49.9 cm³/mol. The number of anilines is 1. The molecule has 2 rings (SSSR count). The van der Waals surface area contributed by atoms with Crippen molar-refractivity contribution < 1.29 is 9.53 Å². The molecule has 1 heterocycles. The van der Waals surface area contributed by atoms with E-state index in [2.05, 4.69) is 5.32 Å². The Labute approximate surface area is 81.1 Å². The van der Waals surface area contributed by atoms with Crippen LogP contribution < -0.4 is 10.1 Å². The van der Waals surface area contributed by atoms with Gasteiger partial charge in [0.2, 0.25) is 0 Å². The van der Waals surface area contributed by atoms with Gasteiger partial charge < -0.3 is 10.1 Å². The molecule has 0 saturated carbocycles. The summed E-state index contributed by atoms with van der Waals surface area (Å²) in [6.45, 7) is 0.685. The maximum atomic E-state index is 10.8. The Morgan fingerprint density at radius 2 is 2.43 bits per heavy atom. The lowest BCUT2D eigenvalue weighted by molar-refractivity contribution is -0.111. The van der Waals surface area contributed by atoms with Crippen molar-refractivity contribution in [3.63, 3.8) is 0 Å². The van der Waals surface area contributed by atoms with Crippen molar-refractivity contribution in [1.82, 2.24) is 0 Å². The summed E-state index contributed by atoms with van der Waals surface area (Å²) in [6, 6.07) is 6.85. The number of benzene rings is 1. The number of rotatable bonds is 1. The van der Waals surface area contributed by atoms with E-state index in [4.69, 9.17) is 10.00 Å². The highest BCUT2D eigenvalue weighted by Gasteiger charge is 2.12. The van der Waals surface area contributed by atoms with Crippen molar-refractivity contribution in [3.8, 4) is 11.8 Å². The molecular formula is C10H8N2O2. The molecule has 0 atom stereocenters. The van der Waals surface area contributed by atoms with E-state index in [-0.39, 0.29) is 0 Å². The molecule has 14 heavy (non-hydrogen) atoms. The van der Waals surface area contributed by atoms with Crippen LogP contribution in [0.4, 0.5) is 5.69 Å². The monoisotopic (exact) mass is 188 g/mol. The van der Waals surface area contributed by atoms with Gasteiger partial charge in [0.05, 0.1) is 6.61 Å². The minimum atomic E-state index is -0.649. The second kappa shape index (κ2) is 3.38. The number of nitrogens with one attached hydrogen (secondary N) is 1. The summed E-state index contributed by atoms with van der Waals surface area (Å²) >= 11 is 0. The molecule has 0 aromatic heterocycles. The average molecular weight is 188 g/mol. The third kappa shape index (κ3) is 1.52. The Morgan fingerprint density at radius 1 is 1.57 bits per heavy atom. The summed E-state index contributed by atoms with van der Waals surface area (Å²) in [5, 5.41) is 10.8. The molecule has 1 N–H and O–H groups in total. The van der Waals surface area contributed by atoms with Crippen molar-refractivity contribution >= 4 is 11.6 Å². The quantitative estimate of drug-likeness (QED) is 0.671. The second-order valence-corrected chi connectivity index (χ2v) is 2.99. The molecule has 0 spiro atoms. The van der Waals surface area contributed by atoms with Crippen LogP contribution in [0.25, 0.3) is 0 Å². The lowest BCUT2D eigenvalue weighted by Crippen LogP contribution is -2.07. The minimum absolute atomic E-state index is 0.640. The number of fused-ring (bicyclic) bond motifs is 1. The molecule has 1 aliphatic heterocycles. The molecule has 0 saturated heterocycles. The van der Waals surface area contributed by atoms with Crippen LogP contribution in [0.1, 0.15) is 5.56 Å². The number of amides is 1. The first kappa shape index (κ1) is 8.57. The largest absolute Gasteiger partial charge is 0.493 e. The van der Waals surface area contributed by atoms with Gasteiger partial charge in [0.1, 0.15) is 5.75 Å². The van der Waals surface area contributed by atoms with Crippen molar-refractivity contribution in [3.05, 3.63) is 23.8 Å². The van der Waals surface area contributed by atoms with E-state index in [0.29, 0.717) is 12.3 Å². The van der Waals surface area contributed by atoms with Gasteiger partial charge in [0.25, 0.3) is 0 Å². The van der Waals surface area contributed by atoms with Crippen molar-refractivity contribution in [2.45, 2.75) is 6.42 Å². The van der Waals surface area contributed by atoms with Crippen molar-refractivity contribution in [2.75, 3.05) is 11.9 Å². The van der Waals surface area contributed by atoms with Crippen molar-refractivity contribution in [1.29, 1.82) is 5.26 Å². The fraction of sp³-hybridized carbons (Fsp3) is 0.200. The number of carbonyl (C=O) groups is 1. The summed E-state index contributed by atoms with van der Waals surface area (Å²) in [7, 11) is 0. The van der Waals surface area contributed by atoms with Gasteiger partial charge in [-0.2, -0.15) is 5.26 Å². The number of hydrogen-bond acceptors (Lipinski definition) is 3. The predicted octanol–water partition coefficient (Wildman–Crippen LogP) is 1.08. The number of nitrogens with zero attached hydrogens (tertiary/aromatic N) is 1. The van der Waals surface area contributed by atoms with Crippen LogP contribution in [0.3, 0.4) is 0 Å². The number of carbonyl (C=O) groups excluding carboxylic acids is 1. The Hall–Kier alpha value is -2.02. The van der Waals surface area contributed by atoms with Gasteiger partial charge in [0.15, 0.2) is 6.07 Å². The molecule has 1 aromatic carbocycles. The zero-order chi connectivity index (χ0) is 9.97. The summed E-state index contributed by atoms with van der Waals surface area (Å²) in [5.74, 6) is 0.212. The highest BCUT2D eigenvalue weighted by molar-refractivity contribution is 6.02. The van der Waals surface area contributed by atoms with E-state index in [9.17, 15) is 4.79 Å². The molecule has 4 nitrogen and oxygen atoms in total. The van der Waals surface area contributed by atoms with Crippen LogP contribution >= 0.6 is 0 Å². The molecule has 0 bridgehead atoms. The molecule has 0 aliphatic carbocycles. The van der Waals surface area contributed by atoms with Gasteiger partial charge in [-0.1, -0.05) is 0 Å². The van der Waals surface area contributed by atoms with Crippen LogP contribution in [-0.4, -0.2) is 12.5 Å². The number of ether oxygens (including phenoxy) is 1. The Morgan fingerprint density at radius 3 is 3.21 bits per heavy atom. The molecule has 0 radical (unpaired) electrons. The molecule has 1 amide bonds. The maximum absolute atomic E-state index is 10.8. The van der Waals surface area contributed by atoms with E-state index >= 15 is 0 Å². The zero-order valence-corrected chi connectivity index (χ0v) is 7.41.